The molecule has 1 unspecified atom stereocenters. The molecule has 1 aliphatic heterocycles. The third-order valence-electron chi connectivity index (χ3n) is 4.63. The van der Waals surface area contributed by atoms with Crippen LogP contribution in [0.4, 0.5) is 5.82 Å². The van der Waals surface area contributed by atoms with Gasteiger partial charge in [0.25, 0.3) is 0 Å². The van der Waals surface area contributed by atoms with E-state index in [1.54, 1.807) is 28.8 Å². The quantitative estimate of drug-likeness (QED) is 0.659. The van der Waals surface area contributed by atoms with Gasteiger partial charge >= 0.3 is 5.97 Å². The molecule has 0 spiro atoms. The lowest BCUT2D eigenvalue weighted by atomic mass is 10.1. The zero-order valence-corrected chi connectivity index (χ0v) is 14.6. The van der Waals surface area contributed by atoms with Crippen molar-refractivity contribution in [2.75, 3.05) is 5.73 Å². The summed E-state index contributed by atoms with van der Waals surface area (Å²) in [5, 5.41) is 10.8. The number of esters is 1. The molecule has 0 aliphatic carbocycles. The zero-order valence-electron chi connectivity index (χ0n) is 14.6. The van der Waals surface area contributed by atoms with Crippen LogP contribution in [0.3, 0.4) is 0 Å². The lowest BCUT2D eigenvalue weighted by Crippen LogP contribution is -2.36. The third kappa shape index (κ3) is 3.00. The van der Waals surface area contributed by atoms with Crippen molar-refractivity contribution in [1.29, 1.82) is 0 Å². The van der Waals surface area contributed by atoms with Crippen LogP contribution >= 0.6 is 0 Å². The van der Waals surface area contributed by atoms with E-state index < -0.39 is 30.5 Å². The molecule has 1 aromatic carbocycles. The predicted octanol–water partition coefficient (Wildman–Crippen LogP) is 1.30. The van der Waals surface area contributed by atoms with Gasteiger partial charge in [-0.2, -0.15) is 0 Å². The predicted molar refractivity (Wildman–Crippen MR) is 95.6 cm³/mol. The van der Waals surface area contributed by atoms with Crippen molar-refractivity contribution < 1.29 is 19.4 Å². The van der Waals surface area contributed by atoms with Crippen molar-refractivity contribution in [3.05, 3.63) is 48.5 Å². The SMILES string of the molecule is CC[C@H]1O[C@@H](n2cnc3c(N)ncnc32)[C@@H](O)C1OC(=O)c1ccccc1. The number of imidazole rings is 1. The third-order valence-corrected chi connectivity index (χ3v) is 4.63. The molecular weight excluding hydrogens is 350 g/mol. The number of aromatic nitrogens is 4. The van der Waals surface area contributed by atoms with Crippen LogP contribution in [-0.2, 0) is 9.47 Å². The van der Waals surface area contributed by atoms with Gasteiger partial charge < -0.3 is 20.3 Å². The molecule has 3 heterocycles. The molecule has 2 aromatic heterocycles. The van der Waals surface area contributed by atoms with Crippen molar-refractivity contribution in [1.82, 2.24) is 19.5 Å². The molecule has 27 heavy (non-hydrogen) atoms. The van der Waals surface area contributed by atoms with Crippen LogP contribution in [0.1, 0.15) is 29.9 Å². The van der Waals surface area contributed by atoms with Crippen molar-refractivity contribution >= 4 is 23.0 Å². The Labute approximate surface area is 154 Å². The molecule has 0 amide bonds. The smallest absolute Gasteiger partial charge is 0.338 e. The van der Waals surface area contributed by atoms with E-state index in [0.717, 1.165) is 0 Å². The normalized spacial score (nSPS) is 25.0. The molecule has 0 bridgehead atoms. The minimum atomic E-state index is -1.09. The fraction of sp³-hybridized carbons (Fsp3) is 0.333. The van der Waals surface area contributed by atoms with Crippen LogP contribution in [0.5, 0.6) is 0 Å². The van der Waals surface area contributed by atoms with E-state index in [2.05, 4.69) is 15.0 Å². The molecule has 0 saturated carbocycles. The summed E-state index contributed by atoms with van der Waals surface area (Å²) in [5.41, 5.74) is 7.09. The molecule has 9 nitrogen and oxygen atoms in total. The van der Waals surface area contributed by atoms with Gasteiger partial charge in [-0.15, -0.1) is 0 Å². The number of anilines is 1. The van der Waals surface area contributed by atoms with Gasteiger partial charge in [-0.25, -0.2) is 19.7 Å². The second-order valence-electron chi connectivity index (χ2n) is 6.28. The summed E-state index contributed by atoms with van der Waals surface area (Å²) in [6.45, 7) is 1.90. The fourth-order valence-electron chi connectivity index (χ4n) is 3.25. The van der Waals surface area contributed by atoms with Crippen LogP contribution in [0.15, 0.2) is 43.0 Å². The average Bonchev–Trinajstić information content (AvgIpc) is 3.25. The van der Waals surface area contributed by atoms with Crippen molar-refractivity contribution in [2.24, 2.45) is 0 Å². The molecule has 0 radical (unpaired) electrons. The Morgan fingerprint density at radius 2 is 2.07 bits per heavy atom. The van der Waals surface area contributed by atoms with Gasteiger partial charge in [0.1, 0.15) is 17.9 Å². The van der Waals surface area contributed by atoms with Gasteiger partial charge in [0.15, 0.2) is 23.8 Å². The molecule has 4 rings (SSSR count). The first-order valence-electron chi connectivity index (χ1n) is 8.62. The number of fused-ring (bicyclic) bond motifs is 1. The second kappa shape index (κ2) is 6.93. The molecule has 3 N–H and O–H groups in total. The Morgan fingerprint density at radius 3 is 2.81 bits per heavy atom. The highest BCUT2D eigenvalue weighted by Gasteiger charge is 2.47. The maximum atomic E-state index is 12.4. The number of carbonyl (C=O) groups is 1. The first-order valence-corrected chi connectivity index (χ1v) is 8.62. The Balaban J connectivity index is 1.61. The summed E-state index contributed by atoms with van der Waals surface area (Å²) in [6, 6.07) is 8.63. The summed E-state index contributed by atoms with van der Waals surface area (Å²) in [7, 11) is 0. The van der Waals surface area contributed by atoms with E-state index in [1.165, 1.54) is 12.7 Å². The first-order chi connectivity index (χ1) is 13.1. The minimum Gasteiger partial charge on any atom is -0.453 e. The molecule has 9 heteroatoms. The van der Waals surface area contributed by atoms with E-state index in [9.17, 15) is 9.90 Å². The van der Waals surface area contributed by atoms with Crippen molar-refractivity contribution in [3.63, 3.8) is 0 Å². The molecule has 1 fully saturated rings. The van der Waals surface area contributed by atoms with Gasteiger partial charge in [-0.05, 0) is 18.6 Å². The highest BCUT2D eigenvalue weighted by Crippen LogP contribution is 2.35. The largest absolute Gasteiger partial charge is 0.453 e. The average molecular weight is 369 g/mol. The molecular formula is C18H19N5O4. The summed E-state index contributed by atoms with van der Waals surface area (Å²) < 4.78 is 13.1. The maximum Gasteiger partial charge on any atom is 0.338 e. The molecule has 1 aliphatic rings. The number of rotatable bonds is 4. The highest BCUT2D eigenvalue weighted by atomic mass is 16.6. The number of ether oxygens (including phenoxy) is 2. The lowest BCUT2D eigenvalue weighted by molar-refractivity contribution is -0.0356. The summed E-state index contributed by atoms with van der Waals surface area (Å²) in [6.07, 6.45) is 0.195. The summed E-state index contributed by atoms with van der Waals surface area (Å²) in [4.78, 5) is 24.7. The number of hydrogen-bond donors (Lipinski definition) is 2. The van der Waals surface area contributed by atoms with Crippen LogP contribution in [-0.4, -0.2) is 48.9 Å². The minimum absolute atomic E-state index is 0.241. The summed E-state index contributed by atoms with van der Waals surface area (Å²) >= 11 is 0. The summed E-state index contributed by atoms with van der Waals surface area (Å²) in [5.74, 6) is -0.269. The molecule has 3 aromatic rings. The van der Waals surface area contributed by atoms with Gasteiger partial charge in [0.2, 0.25) is 0 Å². The molecule has 4 atom stereocenters. The Bertz CT molecular complexity index is 961. The topological polar surface area (TPSA) is 125 Å². The number of nitrogen functional groups attached to an aromatic ring is 1. The van der Waals surface area contributed by atoms with Gasteiger partial charge in [0, 0.05) is 0 Å². The highest BCUT2D eigenvalue weighted by molar-refractivity contribution is 5.89. The monoisotopic (exact) mass is 369 g/mol. The van der Waals surface area contributed by atoms with E-state index in [1.807, 2.05) is 13.0 Å². The number of carbonyl (C=O) groups excluding carboxylic acids is 1. The fourth-order valence-corrected chi connectivity index (χ4v) is 3.25. The maximum absolute atomic E-state index is 12.4. The number of hydrogen-bond acceptors (Lipinski definition) is 8. The standard InChI is InChI=1S/C18H19N5O4/c1-2-11-14(27-18(25)10-6-4-3-5-7-10)13(24)17(26-11)23-9-22-12-15(19)20-8-21-16(12)23/h3-9,11,13-14,17,24H,2H2,1H3,(H2,19,20,21)/t11-,13+,14?,17-/m1/s1. The van der Waals surface area contributed by atoms with E-state index >= 15 is 0 Å². The number of aliphatic hydroxyl groups is 1. The molecule has 1 saturated heterocycles. The van der Waals surface area contributed by atoms with Crippen LogP contribution in [0.2, 0.25) is 0 Å². The number of nitrogens with zero attached hydrogens (tertiary/aromatic N) is 4. The van der Waals surface area contributed by atoms with Crippen molar-refractivity contribution in [3.8, 4) is 0 Å². The van der Waals surface area contributed by atoms with E-state index in [0.29, 0.717) is 23.1 Å². The van der Waals surface area contributed by atoms with Crippen LogP contribution in [0, 0.1) is 0 Å². The Kier molecular flexibility index (Phi) is 4.46. The molecule has 140 valence electrons. The lowest BCUT2D eigenvalue weighted by Gasteiger charge is -2.20. The Morgan fingerprint density at radius 1 is 1.30 bits per heavy atom. The van der Waals surface area contributed by atoms with Gasteiger partial charge in [0.05, 0.1) is 18.0 Å². The number of aliphatic hydroxyl groups excluding tert-OH is 1. The first kappa shape index (κ1) is 17.4. The van der Waals surface area contributed by atoms with Crippen molar-refractivity contribution in [2.45, 2.75) is 37.9 Å². The number of benzene rings is 1. The van der Waals surface area contributed by atoms with E-state index in [4.69, 9.17) is 15.2 Å². The van der Waals surface area contributed by atoms with E-state index in [-0.39, 0.29) is 5.82 Å². The van der Waals surface area contributed by atoms with Gasteiger partial charge in [-0.1, -0.05) is 25.1 Å². The zero-order chi connectivity index (χ0) is 19.0. The van der Waals surface area contributed by atoms with Gasteiger partial charge in [-0.3, -0.25) is 4.57 Å². The number of nitrogens with two attached hydrogens (primary N) is 1. The second-order valence-corrected chi connectivity index (χ2v) is 6.28. The van der Waals surface area contributed by atoms with Crippen LogP contribution < -0.4 is 5.73 Å². The Hall–Kier alpha value is -3.04. The van der Waals surface area contributed by atoms with Crippen LogP contribution in [0.25, 0.3) is 11.2 Å².